The van der Waals surface area contributed by atoms with Gasteiger partial charge in [0.1, 0.15) is 22.8 Å². The average Bonchev–Trinajstić information content (AvgIpc) is 2.91. The third-order valence-electron chi connectivity index (χ3n) is 8.19. The van der Waals surface area contributed by atoms with Crippen LogP contribution in [0, 0.1) is 0 Å². The number of carbonyl (C=O) groups excluding carboxylic acids is 3. The molecule has 1 saturated heterocycles. The summed E-state index contributed by atoms with van der Waals surface area (Å²) in [6.07, 6.45) is -4.80. The number of fused-ring (bicyclic) bond motifs is 3. The molecule has 1 fully saturated rings. The van der Waals surface area contributed by atoms with Gasteiger partial charge in [0.05, 0.1) is 41.1 Å². The highest BCUT2D eigenvalue weighted by Gasteiger charge is 2.49. The first-order chi connectivity index (χ1) is 19.7. The zero-order valence-corrected chi connectivity index (χ0v) is 25.0. The molecule has 0 aromatic heterocycles. The standard InChI is InChI=1S/C30H35NO11.ClH/c1-12(2)39-11-40-18-7-5-6-15-21(18)28(36)24-23(26(15)34)27(35)16-9-30(38,14(4)32)10-19(22(16)29(24)37)42-20-8-17(31)25(33)13(3)41-20;/h5-7,12-13,17,19-20,25,33,35,37-38H,8-11,31H2,1-4H3;1H/t13?,17?,19-,20?,25?,30-;/m0./s1. The van der Waals surface area contributed by atoms with E-state index >= 15 is 0 Å². The Morgan fingerprint density at radius 1 is 1.14 bits per heavy atom. The summed E-state index contributed by atoms with van der Waals surface area (Å²) in [6.45, 7) is 6.20. The molecule has 2 aromatic carbocycles. The molecule has 0 bridgehead atoms. The number of rotatable bonds is 7. The number of carbonyl (C=O) groups is 3. The van der Waals surface area contributed by atoms with Gasteiger partial charge in [-0.1, -0.05) is 12.1 Å². The largest absolute Gasteiger partial charge is 0.507 e. The van der Waals surface area contributed by atoms with Gasteiger partial charge in [0.15, 0.2) is 24.6 Å². The number of aliphatic hydroxyl groups excluding tert-OH is 1. The van der Waals surface area contributed by atoms with Gasteiger partial charge in [-0.05, 0) is 33.8 Å². The van der Waals surface area contributed by atoms with Crippen LogP contribution in [0.3, 0.4) is 0 Å². The lowest BCUT2D eigenvalue weighted by Gasteiger charge is -2.42. The summed E-state index contributed by atoms with van der Waals surface area (Å²) in [6, 6.07) is 3.71. The number of phenolic OH excluding ortho intramolecular Hbond substituents is 2. The average molecular weight is 622 g/mol. The minimum Gasteiger partial charge on any atom is -0.507 e. The minimum atomic E-state index is -2.02. The zero-order chi connectivity index (χ0) is 30.7. The normalized spacial score (nSPS) is 28.0. The highest BCUT2D eigenvalue weighted by Crippen LogP contribution is 2.52. The smallest absolute Gasteiger partial charge is 0.202 e. The molecule has 0 spiro atoms. The van der Waals surface area contributed by atoms with E-state index in [1.165, 1.54) is 25.1 Å². The number of aliphatic hydroxyl groups is 2. The first kappa shape index (κ1) is 32.8. The fourth-order valence-corrected chi connectivity index (χ4v) is 5.84. The van der Waals surface area contributed by atoms with E-state index in [0.29, 0.717) is 0 Å². The number of phenols is 2. The maximum atomic E-state index is 13.9. The van der Waals surface area contributed by atoms with Crippen LogP contribution in [0.2, 0.25) is 0 Å². The number of ether oxygens (including phenoxy) is 4. The van der Waals surface area contributed by atoms with E-state index in [4.69, 9.17) is 24.7 Å². The van der Waals surface area contributed by atoms with Crippen LogP contribution < -0.4 is 10.5 Å². The first-order valence-corrected chi connectivity index (χ1v) is 13.8. The molecule has 0 amide bonds. The number of Topliss-reactive ketones (excluding diaryl/α,β-unsaturated/α-hetero) is 1. The molecule has 0 saturated carbocycles. The highest BCUT2D eigenvalue weighted by molar-refractivity contribution is 6.31. The molecule has 5 rings (SSSR count). The zero-order valence-electron chi connectivity index (χ0n) is 24.2. The van der Waals surface area contributed by atoms with Crippen molar-refractivity contribution in [1.82, 2.24) is 0 Å². The summed E-state index contributed by atoms with van der Waals surface area (Å²) < 4.78 is 22.9. The van der Waals surface area contributed by atoms with Gasteiger partial charge in [0.25, 0.3) is 0 Å². The summed E-state index contributed by atoms with van der Waals surface area (Å²) in [5, 5.41) is 44.5. The van der Waals surface area contributed by atoms with Crippen LogP contribution in [0.4, 0.5) is 0 Å². The van der Waals surface area contributed by atoms with E-state index in [1.54, 1.807) is 20.8 Å². The van der Waals surface area contributed by atoms with Gasteiger partial charge in [-0.2, -0.15) is 0 Å². The van der Waals surface area contributed by atoms with Gasteiger partial charge in [-0.25, -0.2) is 0 Å². The third-order valence-corrected chi connectivity index (χ3v) is 8.19. The SMILES string of the molecule is CC(=O)[C@]1(O)Cc2c(O)c3c(c(O)c2[C@@H](OC2CC(N)C(O)C(C)O2)C1)C(=O)c1c(OCOC(C)C)cccc1C3=O.Cl. The van der Waals surface area contributed by atoms with Crippen molar-refractivity contribution in [3.05, 3.63) is 51.6 Å². The quantitative estimate of drug-likeness (QED) is 0.191. The lowest BCUT2D eigenvalue weighted by atomic mass is 9.72. The Morgan fingerprint density at radius 2 is 1.81 bits per heavy atom. The summed E-state index contributed by atoms with van der Waals surface area (Å²) >= 11 is 0. The molecule has 6 N–H and O–H groups in total. The van der Waals surface area contributed by atoms with E-state index in [9.17, 15) is 34.8 Å². The van der Waals surface area contributed by atoms with E-state index in [0.717, 1.165) is 0 Å². The predicted molar refractivity (Wildman–Crippen MR) is 153 cm³/mol. The molecule has 4 unspecified atom stereocenters. The number of halogens is 1. The number of hydrogen-bond donors (Lipinski definition) is 5. The van der Waals surface area contributed by atoms with Crippen molar-refractivity contribution in [2.75, 3.05) is 6.79 Å². The summed E-state index contributed by atoms with van der Waals surface area (Å²) in [4.78, 5) is 40.2. The molecular formula is C30H36ClNO11. The van der Waals surface area contributed by atoms with Gasteiger partial charge >= 0.3 is 0 Å². The lowest BCUT2D eigenvalue weighted by Crippen LogP contribution is -2.52. The summed E-state index contributed by atoms with van der Waals surface area (Å²) in [5.74, 6) is -3.35. The van der Waals surface area contributed by atoms with E-state index in [-0.39, 0.29) is 66.1 Å². The molecule has 43 heavy (non-hydrogen) atoms. The van der Waals surface area contributed by atoms with E-state index < -0.39 is 82.6 Å². The number of hydrogen-bond acceptors (Lipinski definition) is 12. The molecule has 12 nitrogen and oxygen atoms in total. The van der Waals surface area contributed by atoms with Crippen molar-refractivity contribution in [3.8, 4) is 17.2 Å². The van der Waals surface area contributed by atoms with Crippen LogP contribution in [-0.2, 0) is 25.4 Å². The molecule has 2 aliphatic carbocycles. The van der Waals surface area contributed by atoms with E-state index in [1.807, 2.05) is 0 Å². The van der Waals surface area contributed by atoms with Crippen molar-refractivity contribution in [2.45, 2.75) is 89.3 Å². The van der Waals surface area contributed by atoms with Crippen LogP contribution in [0.5, 0.6) is 17.2 Å². The Morgan fingerprint density at radius 3 is 2.44 bits per heavy atom. The number of aromatic hydroxyl groups is 2. The van der Waals surface area contributed by atoms with E-state index in [2.05, 4.69) is 0 Å². The van der Waals surface area contributed by atoms with Crippen molar-refractivity contribution in [3.63, 3.8) is 0 Å². The van der Waals surface area contributed by atoms with Gasteiger partial charge < -0.3 is 45.1 Å². The Labute approximate surface area is 254 Å². The lowest BCUT2D eigenvalue weighted by molar-refractivity contribution is -0.247. The topological polar surface area (TPSA) is 195 Å². The Kier molecular flexibility index (Phi) is 9.25. The molecule has 1 aliphatic heterocycles. The second-order valence-corrected chi connectivity index (χ2v) is 11.4. The van der Waals surface area contributed by atoms with Gasteiger partial charge in [-0.15, -0.1) is 12.4 Å². The Bertz CT molecular complexity index is 1450. The van der Waals surface area contributed by atoms with Crippen molar-refractivity contribution >= 4 is 29.8 Å². The van der Waals surface area contributed by atoms with Gasteiger partial charge in [0.2, 0.25) is 5.78 Å². The molecule has 234 valence electrons. The monoisotopic (exact) mass is 621 g/mol. The van der Waals surface area contributed by atoms with Crippen molar-refractivity contribution in [1.29, 1.82) is 0 Å². The second kappa shape index (κ2) is 12.1. The molecule has 2 aromatic rings. The maximum Gasteiger partial charge on any atom is 0.202 e. The maximum absolute atomic E-state index is 13.9. The molecule has 1 heterocycles. The van der Waals surface area contributed by atoms with Crippen LogP contribution >= 0.6 is 12.4 Å². The van der Waals surface area contributed by atoms with Gasteiger partial charge in [0, 0.05) is 42.0 Å². The highest BCUT2D eigenvalue weighted by atomic mass is 35.5. The summed E-state index contributed by atoms with van der Waals surface area (Å²) in [7, 11) is 0. The Hall–Kier alpha value is -3.10. The van der Waals surface area contributed by atoms with Crippen molar-refractivity contribution < 1.29 is 53.8 Å². The third kappa shape index (κ3) is 5.64. The first-order valence-electron chi connectivity index (χ1n) is 13.8. The van der Waals surface area contributed by atoms with Gasteiger partial charge in [-0.3, -0.25) is 14.4 Å². The fourth-order valence-electron chi connectivity index (χ4n) is 5.84. The Balaban J connectivity index is 0.00000423. The second-order valence-electron chi connectivity index (χ2n) is 11.4. The van der Waals surface area contributed by atoms with Crippen LogP contribution in [0.15, 0.2) is 18.2 Å². The van der Waals surface area contributed by atoms with Crippen LogP contribution in [0.1, 0.15) is 89.6 Å². The predicted octanol–water partition coefficient (Wildman–Crippen LogP) is 2.20. The number of ketones is 3. The molecule has 3 aliphatic rings. The summed E-state index contributed by atoms with van der Waals surface area (Å²) in [5.41, 5.74) is 2.82. The van der Waals surface area contributed by atoms with Crippen LogP contribution in [0.25, 0.3) is 0 Å². The minimum absolute atomic E-state index is 0. The molecule has 0 radical (unpaired) electrons. The number of nitrogens with two attached hydrogens (primary N) is 1. The molecular weight excluding hydrogens is 586 g/mol. The molecule has 6 atom stereocenters. The van der Waals surface area contributed by atoms with Crippen molar-refractivity contribution in [2.24, 2.45) is 5.73 Å². The molecule has 13 heteroatoms. The number of benzene rings is 2. The fraction of sp³-hybridized carbons (Fsp3) is 0.500. The van der Waals surface area contributed by atoms with Crippen LogP contribution in [-0.4, -0.2) is 80.8 Å².